The van der Waals surface area contributed by atoms with Crippen molar-refractivity contribution in [1.29, 1.82) is 0 Å². The lowest BCUT2D eigenvalue weighted by Crippen LogP contribution is -2.53. The van der Waals surface area contributed by atoms with Gasteiger partial charge in [-0.2, -0.15) is 5.06 Å². The van der Waals surface area contributed by atoms with Crippen molar-refractivity contribution in [3.63, 3.8) is 0 Å². The Balaban J connectivity index is 2.60. The standard InChI is InChI=1S/C6H11NO5/c8-5(9)4-1-2-6(10,11)3-7(4)12/h4,10-12H,1-3H2,(H,8,9). The van der Waals surface area contributed by atoms with E-state index in [0.717, 1.165) is 0 Å². The van der Waals surface area contributed by atoms with Crippen LogP contribution in [0.1, 0.15) is 12.8 Å². The summed E-state index contributed by atoms with van der Waals surface area (Å²) in [5.41, 5.74) is 0. The van der Waals surface area contributed by atoms with E-state index in [0.29, 0.717) is 5.06 Å². The smallest absolute Gasteiger partial charge is 0.323 e. The molecule has 4 N–H and O–H groups in total. The van der Waals surface area contributed by atoms with Crippen molar-refractivity contribution in [3.8, 4) is 0 Å². The Labute approximate surface area is 68.6 Å². The molecule has 6 heteroatoms. The van der Waals surface area contributed by atoms with Crippen LogP contribution >= 0.6 is 0 Å². The molecular formula is C6H11NO5. The molecule has 1 heterocycles. The maximum absolute atomic E-state index is 10.4. The molecule has 1 atom stereocenters. The summed E-state index contributed by atoms with van der Waals surface area (Å²) >= 11 is 0. The first-order valence-electron chi connectivity index (χ1n) is 3.55. The molecule has 1 aliphatic rings. The zero-order chi connectivity index (χ0) is 9.35. The average Bonchev–Trinajstić information content (AvgIpc) is 1.83. The van der Waals surface area contributed by atoms with Crippen molar-refractivity contribution in [2.45, 2.75) is 24.7 Å². The minimum absolute atomic E-state index is 0.0266. The fourth-order valence-electron chi connectivity index (χ4n) is 1.22. The number of β-amino-alcohol motifs (C(OH)–C–C–N with tert-alkyl or cyclic N) is 2. The highest BCUT2D eigenvalue weighted by Crippen LogP contribution is 2.21. The quantitative estimate of drug-likeness (QED) is 0.368. The van der Waals surface area contributed by atoms with E-state index in [1.807, 2.05) is 0 Å². The number of carboxylic acid groups (broad SMARTS) is 1. The van der Waals surface area contributed by atoms with Crippen molar-refractivity contribution < 1.29 is 25.3 Å². The number of carboxylic acids is 1. The summed E-state index contributed by atoms with van der Waals surface area (Å²) in [6, 6.07) is -1.03. The lowest BCUT2D eigenvalue weighted by atomic mass is 10.00. The molecule has 0 amide bonds. The van der Waals surface area contributed by atoms with Gasteiger partial charge in [-0.25, -0.2) is 0 Å². The summed E-state index contributed by atoms with van der Waals surface area (Å²) in [6.07, 6.45) is -0.0140. The number of rotatable bonds is 1. The highest BCUT2D eigenvalue weighted by atomic mass is 16.5. The number of piperidine rings is 1. The normalized spacial score (nSPS) is 30.1. The van der Waals surface area contributed by atoms with Gasteiger partial charge in [0.05, 0.1) is 6.54 Å². The van der Waals surface area contributed by atoms with E-state index in [2.05, 4.69) is 0 Å². The van der Waals surface area contributed by atoms with Gasteiger partial charge in [-0.05, 0) is 6.42 Å². The molecule has 0 aromatic heterocycles. The van der Waals surface area contributed by atoms with E-state index in [9.17, 15) is 4.79 Å². The van der Waals surface area contributed by atoms with Gasteiger partial charge in [-0.3, -0.25) is 4.79 Å². The van der Waals surface area contributed by atoms with Gasteiger partial charge in [0.2, 0.25) is 0 Å². The van der Waals surface area contributed by atoms with Crippen LogP contribution in [0.3, 0.4) is 0 Å². The zero-order valence-corrected chi connectivity index (χ0v) is 6.34. The van der Waals surface area contributed by atoms with E-state index in [1.54, 1.807) is 0 Å². The van der Waals surface area contributed by atoms with Crippen LogP contribution in [-0.2, 0) is 4.79 Å². The minimum Gasteiger partial charge on any atom is -0.480 e. The van der Waals surface area contributed by atoms with Crippen LogP contribution in [0.4, 0.5) is 0 Å². The van der Waals surface area contributed by atoms with Gasteiger partial charge in [-0.1, -0.05) is 0 Å². The van der Waals surface area contributed by atoms with Gasteiger partial charge in [0.25, 0.3) is 0 Å². The third-order valence-electron chi connectivity index (χ3n) is 1.88. The molecule has 0 bridgehead atoms. The third-order valence-corrected chi connectivity index (χ3v) is 1.88. The summed E-state index contributed by atoms with van der Waals surface area (Å²) in [5.74, 6) is -3.13. The van der Waals surface area contributed by atoms with Gasteiger partial charge in [0.1, 0.15) is 6.04 Å². The van der Waals surface area contributed by atoms with Crippen LogP contribution in [0, 0.1) is 0 Å². The first-order valence-corrected chi connectivity index (χ1v) is 3.55. The molecule has 0 spiro atoms. The maximum atomic E-state index is 10.4. The molecule has 70 valence electrons. The maximum Gasteiger partial charge on any atom is 0.323 e. The number of carbonyl (C=O) groups is 1. The summed E-state index contributed by atoms with van der Waals surface area (Å²) in [5, 5.41) is 36.0. The fraction of sp³-hybridized carbons (Fsp3) is 0.833. The van der Waals surface area contributed by atoms with Crippen molar-refractivity contribution >= 4 is 5.97 Å². The van der Waals surface area contributed by atoms with Crippen molar-refractivity contribution in [3.05, 3.63) is 0 Å². The van der Waals surface area contributed by atoms with Gasteiger partial charge in [0.15, 0.2) is 5.79 Å². The number of nitrogens with zero attached hydrogens (tertiary/aromatic N) is 1. The van der Waals surface area contributed by atoms with Gasteiger partial charge in [0, 0.05) is 6.42 Å². The van der Waals surface area contributed by atoms with Crippen LogP contribution < -0.4 is 0 Å². The molecule has 1 aliphatic heterocycles. The monoisotopic (exact) mass is 177 g/mol. The van der Waals surface area contributed by atoms with Crippen molar-refractivity contribution in [2.24, 2.45) is 0 Å². The number of aliphatic carboxylic acids is 1. The summed E-state index contributed by atoms with van der Waals surface area (Å²) in [4.78, 5) is 10.4. The van der Waals surface area contributed by atoms with Crippen molar-refractivity contribution in [2.75, 3.05) is 6.54 Å². The summed E-state index contributed by atoms with van der Waals surface area (Å²) in [6.45, 7) is -0.454. The number of hydroxylamine groups is 2. The zero-order valence-electron chi connectivity index (χ0n) is 6.34. The summed E-state index contributed by atoms with van der Waals surface area (Å²) in [7, 11) is 0. The highest BCUT2D eigenvalue weighted by molar-refractivity contribution is 5.73. The molecule has 0 aliphatic carbocycles. The molecule has 0 aromatic carbocycles. The molecule has 1 saturated heterocycles. The lowest BCUT2D eigenvalue weighted by molar-refractivity contribution is -0.264. The van der Waals surface area contributed by atoms with Crippen LogP contribution in [0.2, 0.25) is 0 Å². The van der Waals surface area contributed by atoms with E-state index >= 15 is 0 Å². The van der Waals surface area contributed by atoms with E-state index in [4.69, 9.17) is 20.5 Å². The predicted molar refractivity (Wildman–Crippen MR) is 36.3 cm³/mol. The van der Waals surface area contributed by atoms with Gasteiger partial charge in [-0.15, -0.1) is 0 Å². The first-order chi connectivity index (χ1) is 5.42. The average molecular weight is 177 g/mol. The Morgan fingerprint density at radius 1 is 1.50 bits per heavy atom. The Morgan fingerprint density at radius 3 is 2.50 bits per heavy atom. The molecule has 1 fully saturated rings. The van der Waals surface area contributed by atoms with Crippen LogP contribution in [0.5, 0.6) is 0 Å². The second-order valence-corrected chi connectivity index (χ2v) is 2.97. The Bertz CT molecular complexity index is 192. The first kappa shape index (κ1) is 9.40. The molecular weight excluding hydrogens is 166 g/mol. The molecule has 12 heavy (non-hydrogen) atoms. The van der Waals surface area contributed by atoms with Gasteiger partial charge < -0.3 is 20.5 Å². The van der Waals surface area contributed by atoms with Crippen molar-refractivity contribution in [1.82, 2.24) is 5.06 Å². The molecule has 1 rings (SSSR count). The molecule has 0 radical (unpaired) electrons. The lowest BCUT2D eigenvalue weighted by Gasteiger charge is -2.35. The fourth-order valence-corrected chi connectivity index (χ4v) is 1.22. The number of hydrogen-bond acceptors (Lipinski definition) is 5. The van der Waals surface area contributed by atoms with Gasteiger partial charge >= 0.3 is 5.97 Å². The second-order valence-electron chi connectivity index (χ2n) is 2.97. The Hall–Kier alpha value is -0.690. The molecule has 1 unspecified atom stereocenters. The second kappa shape index (κ2) is 2.98. The molecule has 0 aromatic rings. The predicted octanol–water partition coefficient (Wildman–Crippen LogP) is -1.39. The Morgan fingerprint density at radius 2 is 2.08 bits per heavy atom. The van der Waals surface area contributed by atoms with Crippen LogP contribution in [-0.4, -0.2) is 49.9 Å². The Kier molecular flexibility index (Phi) is 2.34. The number of aliphatic hydroxyl groups is 2. The molecule has 6 nitrogen and oxygen atoms in total. The van der Waals surface area contributed by atoms with Crippen LogP contribution in [0.25, 0.3) is 0 Å². The van der Waals surface area contributed by atoms with E-state index < -0.39 is 24.3 Å². The van der Waals surface area contributed by atoms with E-state index in [1.165, 1.54) is 0 Å². The topological polar surface area (TPSA) is 101 Å². The minimum atomic E-state index is -1.97. The molecule has 0 saturated carbocycles. The highest BCUT2D eigenvalue weighted by Gasteiger charge is 2.39. The SMILES string of the molecule is O=C(O)C1CCC(O)(O)CN1O. The number of hydrogen-bond donors (Lipinski definition) is 4. The largest absolute Gasteiger partial charge is 0.480 e. The third kappa shape index (κ3) is 1.92. The summed E-state index contributed by atoms with van der Waals surface area (Å²) < 4.78 is 0. The van der Waals surface area contributed by atoms with Crippen LogP contribution in [0.15, 0.2) is 0 Å². The van der Waals surface area contributed by atoms with E-state index in [-0.39, 0.29) is 12.8 Å².